The maximum atomic E-state index is 12.8. The van der Waals surface area contributed by atoms with Crippen molar-refractivity contribution in [1.29, 1.82) is 5.41 Å². The van der Waals surface area contributed by atoms with Gasteiger partial charge in [0.1, 0.15) is 5.70 Å². The highest BCUT2D eigenvalue weighted by Gasteiger charge is 2.31. The van der Waals surface area contributed by atoms with Crippen LogP contribution in [-0.2, 0) is 12.8 Å². The molecule has 0 aliphatic heterocycles. The molecule has 1 aromatic heterocycles. The molecule has 0 spiro atoms. The van der Waals surface area contributed by atoms with Gasteiger partial charge in [0, 0.05) is 11.4 Å². The number of nitrogens with two attached hydrogens (primary N) is 1. The van der Waals surface area contributed by atoms with Gasteiger partial charge in [0.05, 0.1) is 23.3 Å². The summed E-state index contributed by atoms with van der Waals surface area (Å²) >= 11 is 0. The number of benzene rings is 2. The number of halogens is 3. The number of alkyl halides is 3. The van der Waals surface area contributed by atoms with Gasteiger partial charge in [-0.3, -0.25) is 10.4 Å². The molecule has 0 fully saturated rings. The third kappa shape index (κ3) is 8.20. The lowest BCUT2D eigenvalue weighted by Crippen LogP contribution is -2.21. The molecule has 4 nitrogen and oxygen atoms in total. The number of anilines is 3. The number of hydrogen-bond donors (Lipinski definition) is 2. The van der Waals surface area contributed by atoms with Crippen LogP contribution in [0.25, 0.3) is 0 Å². The smallest absolute Gasteiger partial charge is 0.395 e. The Hall–Kier alpha value is -3.61. The third-order valence-electron chi connectivity index (χ3n) is 6.44. The summed E-state index contributed by atoms with van der Waals surface area (Å²) in [5.74, 6) is 0. The topological polar surface area (TPSA) is 66.0 Å². The first-order valence-electron chi connectivity index (χ1n) is 13.3. The van der Waals surface area contributed by atoms with E-state index in [-0.39, 0.29) is 5.69 Å². The Kier molecular flexibility index (Phi) is 10.5. The molecular formula is C31H37F3N4. The van der Waals surface area contributed by atoms with Gasteiger partial charge >= 0.3 is 6.18 Å². The fourth-order valence-corrected chi connectivity index (χ4v) is 4.22. The van der Waals surface area contributed by atoms with Crippen molar-refractivity contribution in [2.24, 2.45) is 5.73 Å². The Bertz CT molecular complexity index is 1130. The minimum absolute atomic E-state index is 0.110. The number of aromatic nitrogens is 1. The summed E-state index contributed by atoms with van der Waals surface area (Å²) in [6.45, 7) is 4.39. The first-order valence-corrected chi connectivity index (χ1v) is 13.3. The van der Waals surface area contributed by atoms with Crippen LogP contribution in [0.2, 0.25) is 0 Å². The van der Waals surface area contributed by atoms with E-state index in [9.17, 15) is 13.2 Å². The normalized spacial score (nSPS) is 12.0. The molecule has 0 unspecified atom stereocenters. The molecule has 3 aromatic rings. The Morgan fingerprint density at radius 2 is 1.26 bits per heavy atom. The zero-order valence-corrected chi connectivity index (χ0v) is 22.2. The van der Waals surface area contributed by atoms with Gasteiger partial charge in [-0.1, -0.05) is 63.8 Å². The molecule has 3 rings (SSSR count). The molecule has 202 valence electrons. The van der Waals surface area contributed by atoms with Gasteiger partial charge in [0.25, 0.3) is 0 Å². The summed E-state index contributed by atoms with van der Waals surface area (Å²) in [6, 6.07) is 20.2. The highest BCUT2D eigenvalue weighted by atomic mass is 19.4. The lowest BCUT2D eigenvalue weighted by atomic mass is 10.0. The van der Waals surface area contributed by atoms with E-state index in [4.69, 9.17) is 11.1 Å². The van der Waals surface area contributed by atoms with Crippen LogP contribution >= 0.6 is 0 Å². The zero-order valence-electron chi connectivity index (χ0n) is 22.2. The highest BCUT2D eigenvalue weighted by Crippen LogP contribution is 2.35. The minimum atomic E-state index is -4.69. The van der Waals surface area contributed by atoms with Crippen molar-refractivity contribution in [3.63, 3.8) is 0 Å². The van der Waals surface area contributed by atoms with E-state index in [1.165, 1.54) is 36.8 Å². The largest absolute Gasteiger partial charge is 0.430 e. The van der Waals surface area contributed by atoms with Crippen LogP contribution in [0.5, 0.6) is 0 Å². The van der Waals surface area contributed by atoms with Crippen molar-refractivity contribution in [3.8, 4) is 0 Å². The van der Waals surface area contributed by atoms with Crippen molar-refractivity contribution < 1.29 is 13.2 Å². The third-order valence-corrected chi connectivity index (χ3v) is 6.44. The Labute approximate surface area is 223 Å². The number of hydrogen-bond acceptors (Lipinski definition) is 4. The van der Waals surface area contributed by atoms with E-state index in [0.717, 1.165) is 42.7 Å². The molecule has 0 radical (unpaired) electrons. The Balaban J connectivity index is 1.90. The minimum Gasteiger partial charge on any atom is -0.395 e. The van der Waals surface area contributed by atoms with Gasteiger partial charge in [0.15, 0.2) is 0 Å². The lowest BCUT2D eigenvalue weighted by molar-refractivity contribution is -0.0925. The van der Waals surface area contributed by atoms with Gasteiger partial charge in [-0.25, -0.2) is 0 Å². The Morgan fingerprint density at radius 1 is 0.789 bits per heavy atom. The average molecular weight is 523 g/mol. The summed E-state index contributed by atoms with van der Waals surface area (Å²) in [5, 5.41) is 8.00. The Morgan fingerprint density at radius 3 is 1.66 bits per heavy atom. The molecule has 0 bridgehead atoms. The van der Waals surface area contributed by atoms with Crippen LogP contribution in [0.15, 0.2) is 78.6 Å². The fraction of sp³-hybridized carbons (Fsp3) is 0.355. The van der Waals surface area contributed by atoms with Crippen molar-refractivity contribution >= 4 is 22.8 Å². The molecule has 2 aromatic carbocycles. The molecule has 0 saturated carbocycles. The summed E-state index contributed by atoms with van der Waals surface area (Å²) in [7, 11) is 0. The van der Waals surface area contributed by atoms with E-state index in [0.29, 0.717) is 6.08 Å². The van der Waals surface area contributed by atoms with Crippen LogP contribution in [-0.4, -0.2) is 16.9 Å². The number of rotatable bonds is 13. The second kappa shape index (κ2) is 13.8. The van der Waals surface area contributed by atoms with Gasteiger partial charge in [-0.15, -0.1) is 0 Å². The van der Waals surface area contributed by atoms with Crippen LogP contribution in [0.1, 0.15) is 69.2 Å². The van der Waals surface area contributed by atoms with Gasteiger partial charge < -0.3 is 10.6 Å². The molecule has 1 heterocycles. The van der Waals surface area contributed by atoms with Crippen molar-refractivity contribution in [2.45, 2.75) is 71.4 Å². The molecular weight excluding hydrogens is 485 g/mol. The average Bonchev–Trinajstić information content (AvgIpc) is 2.91. The number of unbranched alkanes of at least 4 members (excludes halogenated alkanes) is 4. The lowest BCUT2D eigenvalue weighted by Gasteiger charge is -2.25. The highest BCUT2D eigenvalue weighted by molar-refractivity contribution is 6.05. The second-order valence-electron chi connectivity index (χ2n) is 9.50. The predicted molar refractivity (Wildman–Crippen MR) is 151 cm³/mol. The monoisotopic (exact) mass is 522 g/mol. The van der Waals surface area contributed by atoms with E-state index >= 15 is 0 Å². The van der Waals surface area contributed by atoms with Crippen molar-refractivity contribution in [2.75, 3.05) is 4.90 Å². The molecule has 0 aliphatic carbocycles. The first-order chi connectivity index (χ1) is 18.2. The molecule has 0 aliphatic rings. The number of aryl methyl sites for hydroxylation is 2. The standard InChI is InChI=1S/C31H37F3N4/c1-3-5-7-9-23-11-15-25(16-12-23)38(26-17-13-24(14-18-26)10-8-6-4-2)27-19-20-29(37-22-27)28(35)21-30(36)31(32,33)34/h11-22,35H,3-10,36H2,1-2H3. The fourth-order valence-electron chi connectivity index (χ4n) is 4.22. The second-order valence-corrected chi connectivity index (χ2v) is 9.50. The SMILES string of the molecule is CCCCCc1ccc(N(c2ccc(CCCCC)cc2)c2ccc(C(=N)C=C(N)C(F)(F)F)nc2)cc1. The van der Waals surface area contributed by atoms with E-state index in [1.807, 2.05) is 0 Å². The van der Waals surface area contributed by atoms with Crippen LogP contribution in [0.4, 0.5) is 30.2 Å². The van der Waals surface area contributed by atoms with Gasteiger partial charge in [-0.2, -0.15) is 13.2 Å². The van der Waals surface area contributed by atoms with E-state index in [1.54, 1.807) is 18.3 Å². The number of allylic oxidation sites excluding steroid dienone is 2. The maximum absolute atomic E-state index is 12.8. The van der Waals surface area contributed by atoms with Crippen LogP contribution < -0.4 is 10.6 Å². The van der Waals surface area contributed by atoms with Crippen molar-refractivity contribution in [3.05, 3.63) is 95.5 Å². The molecule has 0 amide bonds. The predicted octanol–water partition coefficient (Wildman–Crippen LogP) is 8.79. The van der Waals surface area contributed by atoms with E-state index < -0.39 is 17.6 Å². The molecule has 3 N–H and O–H groups in total. The molecule has 0 atom stereocenters. The zero-order chi connectivity index (χ0) is 27.5. The number of nitrogens with one attached hydrogen (secondary N) is 1. The summed E-state index contributed by atoms with van der Waals surface area (Å²) < 4.78 is 38.4. The summed E-state index contributed by atoms with van der Waals surface area (Å²) in [6.07, 6.45) is 6.63. The molecule has 0 saturated heterocycles. The number of pyridine rings is 1. The van der Waals surface area contributed by atoms with Crippen molar-refractivity contribution in [1.82, 2.24) is 4.98 Å². The summed E-state index contributed by atoms with van der Waals surface area (Å²) in [4.78, 5) is 6.35. The molecule has 7 heteroatoms. The van der Waals surface area contributed by atoms with Crippen LogP contribution in [0, 0.1) is 5.41 Å². The first kappa shape index (κ1) is 29.0. The van der Waals surface area contributed by atoms with E-state index in [2.05, 4.69) is 72.3 Å². The van der Waals surface area contributed by atoms with Gasteiger partial charge in [-0.05, 0) is 79.3 Å². The molecule has 38 heavy (non-hydrogen) atoms. The quantitative estimate of drug-likeness (QED) is 0.174. The van der Waals surface area contributed by atoms with Gasteiger partial charge in [0.2, 0.25) is 0 Å². The summed E-state index contributed by atoms with van der Waals surface area (Å²) in [5.41, 5.74) is 8.68. The number of nitrogens with zero attached hydrogens (tertiary/aromatic N) is 2. The van der Waals surface area contributed by atoms with Crippen LogP contribution in [0.3, 0.4) is 0 Å². The maximum Gasteiger partial charge on any atom is 0.430 e.